The third-order valence-electron chi connectivity index (χ3n) is 8.23. The van der Waals surface area contributed by atoms with Gasteiger partial charge in [-0.3, -0.25) is 9.59 Å². The summed E-state index contributed by atoms with van der Waals surface area (Å²) < 4.78 is 86.3. The highest BCUT2D eigenvalue weighted by atomic mass is 35.5. The van der Waals surface area contributed by atoms with E-state index in [0.717, 1.165) is 4.90 Å². The molecule has 3 heterocycles. The number of phenols is 1. The van der Waals surface area contributed by atoms with Gasteiger partial charge < -0.3 is 54.9 Å². The highest BCUT2D eigenvalue weighted by Crippen LogP contribution is 2.49. The molecule has 0 bridgehead atoms. The zero-order valence-electron chi connectivity index (χ0n) is 24.7. The van der Waals surface area contributed by atoms with Crippen molar-refractivity contribution in [1.82, 2.24) is 9.80 Å². The third kappa shape index (κ3) is 5.93. The van der Waals surface area contributed by atoms with E-state index in [4.69, 9.17) is 25.8 Å². The van der Waals surface area contributed by atoms with Crippen LogP contribution in [-0.4, -0.2) is 111 Å². The average Bonchev–Trinajstić information content (AvgIpc) is 3.09. The quantitative estimate of drug-likeness (QED) is 0.0772. The molecule has 13 nitrogen and oxygen atoms in total. The van der Waals surface area contributed by atoms with Crippen molar-refractivity contribution in [3.05, 3.63) is 69.5 Å². The number of anilines is 2. The van der Waals surface area contributed by atoms with Gasteiger partial charge in [0.05, 0.1) is 23.0 Å². The molecular weight excluding hydrogens is 693 g/mol. The number of aromatic hydroxyl groups is 1. The Balaban J connectivity index is 1.20. The number of nitrogens with zero attached hydrogens (tertiary/aromatic N) is 2. The molecule has 2 fully saturated rings. The number of aliphatic hydroxyl groups excluding tert-OH is 4. The van der Waals surface area contributed by atoms with Gasteiger partial charge in [0.1, 0.15) is 47.0 Å². The van der Waals surface area contributed by atoms with Crippen molar-refractivity contribution in [3.63, 3.8) is 0 Å². The number of aliphatic hydroxyl groups is 4. The molecule has 0 aromatic heterocycles. The molecule has 3 aliphatic heterocycles. The minimum absolute atomic E-state index is 0.00868. The number of nitrogens with one attached hydrogen (secondary N) is 1. The van der Waals surface area contributed by atoms with E-state index >= 15 is 0 Å². The van der Waals surface area contributed by atoms with Gasteiger partial charge in [-0.2, -0.15) is 0 Å². The van der Waals surface area contributed by atoms with Gasteiger partial charge in [-0.1, -0.05) is 11.6 Å². The minimum Gasteiger partial charge on any atom is -0.507 e. The minimum atomic E-state index is -2.41. The van der Waals surface area contributed by atoms with E-state index in [2.05, 4.69) is 5.32 Å². The molecule has 3 aliphatic rings. The van der Waals surface area contributed by atoms with Crippen LogP contribution in [0.15, 0.2) is 24.3 Å². The van der Waals surface area contributed by atoms with Crippen LogP contribution in [0.5, 0.6) is 23.0 Å². The van der Waals surface area contributed by atoms with Crippen LogP contribution in [-0.2, 0) is 4.74 Å². The second-order valence-electron chi connectivity index (χ2n) is 11.2. The van der Waals surface area contributed by atoms with Gasteiger partial charge in [0.2, 0.25) is 12.1 Å². The van der Waals surface area contributed by atoms with Gasteiger partial charge in [-0.15, -0.1) is 0 Å². The van der Waals surface area contributed by atoms with Crippen molar-refractivity contribution >= 4 is 34.8 Å². The highest BCUT2D eigenvalue weighted by Gasteiger charge is 2.45. The van der Waals surface area contributed by atoms with E-state index in [-0.39, 0.29) is 65.4 Å². The second kappa shape index (κ2) is 13.1. The lowest BCUT2D eigenvalue weighted by atomic mass is 9.99. The van der Waals surface area contributed by atoms with Gasteiger partial charge >= 0.3 is 0 Å². The Hall–Kier alpha value is -4.46. The van der Waals surface area contributed by atoms with Crippen LogP contribution >= 0.6 is 11.6 Å². The second-order valence-corrected chi connectivity index (χ2v) is 11.6. The molecule has 2 amide bonds. The Kier molecular flexibility index (Phi) is 9.20. The highest BCUT2D eigenvalue weighted by molar-refractivity contribution is 6.32. The van der Waals surface area contributed by atoms with E-state index in [9.17, 15) is 57.1 Å². The van der Waals surface area contributed by atoms with Gasteiger partial charge in [-0.05, 0) is 18.2 Å². The van der Waals surface area contributed by atoms with Crippen LogP contribution in [0.1, 0.15) is 20.7 Å². The number of hydrogen-bond donors (Lipinski definition) is 6. The summed E-state index contributed by atoms with van der Waals surface area (Å²) in [5, 5.41) is 53.6. The Morgan fingerprint density at radius 3 is 2.00 bits per heavy atom. The fourth-order valence-electron chi connectivity index (χ4n) is 5.56. The molecule has 6 N–H and O–H groups in total. The maximum atomic E-state index is 14.2. The predicted octanol–water partition coefficient (Wildman–Crippen LogP) is 2.37. The number of halogens is 6. The molecule has 2 saturated heterocycles. The summed E-state index contributed by atoms with van der Waals surface area (Å²) in [5.41, 5.74) is -1.46. The molecule has 0 spiro atoms. The molecule has 6 rings (SSSR count). The molecule has 3 aromatic carbocycles. The zero-order valence-corrected chi connectivity index (χ0v) is 25.4. The number of rotatable bonds is 5. The molecule has 19 heteroatoms. The Bertz CT molecular complexity index is 1820. The number of ether oxygens (including phenoxy) is 3. The number of hydrogen-bond acceptors (Lipinski definition) is 11. The Labute approximate surface area is 277 Å². The first-order valence-corrected chi connectivity index (χ1v) is 14.8. The fourth-order valence-corrected chi connectivity index (χ4v) is 5.77. The first-order chi connectivity index (χ1) is 23.2. The van der Waals surface area contributed by atoms with Gasteiger partial charge in [0.25, 0.3) is 11.8 Å². The number of amides is 2. The lowest BCUT2D eigenvalue weighted by Crippen LogP contribution is -2.60. The zero-order chi connectivity index (χ0) is 35.5. The van der Waals surface area contributed by atoms with E-state index in [1.54, 1.807) is 0 Å². The van der Waals surface area contributed by atoms with Crippen LogP contribution in [0.25, 0.3) is 0 Å². The van der Waals surface area contributed by atoms with Gasteiger partial charge in [0, 0.05) is 32.2 Å². The van der Waals surface area contributed by atoms with Crippen molar-refractivity contribution in [2.75, 3.05) is 38.1 Å². The molecule has 3 aromatic rings. The molecule has 49 heavy (non-hydrogen) atoms. The molecule has 262 valence electrons. The molecule has 0 aliphatic carbocycles. The van der Waals surface area contributed by atoms with Crippen molar-refractivity contribution in [2.45, 2.75) is 30.7 Å². The maximum absolute atomic E-state index is 14.2. The number of fused-ring (bicyclic) bond motifs is 2. The largest absolute Gasteiger partial charge is 0.507 e. The smallest absolute Gasteiger partial charge is 0.261 e. The standard InChI is InChI=1S/C30H25ClF5N3O10/c31-10-7-12-15(8-14(10)48-30-26(44)25(43)24(42)16(9-40)49-30)47-27-11(37-12)1-2-13(41)17(27)28(45)38-3-5-39(6-4-38)29(46)18-19(32)21(34)23(36)22(35)20(18)33/h1-2,7-8,16,24-26,30,37,40-44H,3-6,9H2/t16-,24-,25+,26-,30-/m1/s1. The van der Waals surface area contributed by atoms with Crippen LogP contribution < -0.4 is 14.8 Å². The first-order valence-electron chi connectivity index (χ1n) is 14.4. The SMILES string of the molecule is O=C(c1c(F)c(F)c(F)c(F)c1F)N1CCN(C(=O)c2c(O)ccc3c2Oc2cc(O[C@@H]4O[C@H](CO)[C@@H](O)[C@H](O)[C@H]4O)c(Cl)cc2N3)CC1. The normalized spacial score (nSPS) is 23.3. The first kappa shape index (κ1) is 34.4. The van der Waals surface area contributed by atoms with E-state index < -0.39 is 89.5 Å². The van der Waals surface area contributed by atoms with Crippen molar-refractivity contribution < 1.29 is 71.3 Å². The summed E-state index contributed by atoms with van der Waals surface area (Å²) in [5.74, 6) is -14.6. The van der Waals surface area contributed by atoms with E-state index in [0.29, 0.717) is 0 Å². The van der Waals surface area contributed by atoms with E-state index in [1.165, 1.54) is 29.2 Å². The lowest BCUT2D eigenvalue weighted by Gasteiger charge is -2.39. The maximum Gasteiger partial charge on any atom is 0.261 e. The summed E-state index contributed by atoms with van der Waals surface area (Å²) in [4.78, 5) is 28.4. The number of phenolic OH excluding ortho intramolecular Hbond substituents is 1. The topological polar surface area (TPSA) is 181 Å². The van der Waals surface area contributed by atoms with Crippen LogP contribution in [0.2, 0.25) is 5.02 Å². The van der Waals surface area contributed by atoms with Crippen molar-refractivity contribution in [1.29, 1.82) is 0 Å². The molecule has 5 atom stereocenters. The number of benzene rings is 3. The molecule has 0 saturated carbocycles. The molecule has 0 unspecified atom stereocenters. The number of piperazine rings is 1. The summed E-state index contributed by atoms with van der Waals surface area (Å²) in [6.07, 6.45) is -7.97. The molecular formula is C30H25ClF5N3O10. The lowest BCUT2D eigenvalue weighted by molar-refractivity contribution is -0.277. The number of carbonyl (C=O) groups is 2. The van der Waals surface area contributed by atoms with E-state index in [1.807, 2.05) is 0 Å². The van der Waals surface area contributed by atoms with Crippen LogP contribution in [0, 0.1) is 29.1 Å². The predicted molar refractivity (Wildman–Crippen MR) is 155 cm³/mol. The Morgan fingerprint density at radius 2 is 1.41 bits per heavy atom. The van der Waals surface area contributed by atoms with Crippen molar-refractivity contribution in [2.24, 2.45) is 0 Å². The third-order valence-corrected chi connectivity index (χ3v) is 8.53. The summed E-state index contributed by atoms with van der Waals surface area (Å²) in [6.45, 7) is -1.96. The van der Waals surface area contributed by atoms with Gasteiger partial charge in [-0.25, -0.2) is 22.0 Å². The fraction of sp³-hybridized carbons (Fsp3) is 0.333. The van der Waals surface area contributed by atoms with Gasteiger partial charge in [0.15, 0.2) is 34.8 Å². The summed E-state index contributed by atoms with van der Waals surface area (Å²) in [6, 6.07) is 5.22. The average molecular weight is 718 g/mol. The monoisotopic (exact) mass is 717 g/mol. The Morgan fingerprint density at radius 1 is 0.837 bits per heavy atom. The summed E-state index contributed by atoms with van der Waals surface area (Å²) in [7, 11) is 0. The van der Waals surface area contributed by atoms with Crippen molar-refractivity contribution in [3.8, 4) is 23.0 Å². The van der Waals surface area contributed by atoms with Crippen LogP contribution in [0.4, 0.5) is 33.3 Å². The summed E-state index contributed by atoms with van der Waals surface area (Å²) >= 11 is 6.37. The van der Waals surface area contributed by atoms with Crippen LogP contribution in [0.3, 0.4) is 0 Å². The molecule has 0 radical (unpaired) electrons. The number of carbonyl (C=O) groups excluding carboxylic acids is 2.